The Hall–Kier alpha value is -1.49. The summed E-state index contributed by atoms with van der Waals surface area (Å²) in [6.45, 7) is 1.18. The quantitative estimate of drug-likeness (QED) is 0.720. The van der Waals surface area contributed by atoms with E-state index in [4.69, 9.17) is 0 Å². The summed E-state index contributed by atoms with van der Waals surface area (Å²) < 4.78 is 25.6. The molecule has 0 bridgehead atoms. The second kappa shape index (κ2) is 3.94. The van der Waals surface area contributed by atoms with Crippen molar-refractivity contribution in [2.45, 2.75) is 6.04 Å². The average molecular weight is 212 g/mol. The molecule has 80 valence electrons. The van der Waals surface area contributed by atoms with Crippen LogP contribution in [0.3, 0.4) is 0 Å². The van der Waals surface area contributed by atoms with Gasteiger partial charge in [-0.1, -0.05) is 6.07 Å². The van der Waals surface area contributed by atoms with E-state index in [1.807, 2.05) is 0 Å². The zero-order valence-electron chi connectivity index (χ0n) is 7.89. The molecule has 0 spiro atoms. The summed E-state index contributed by atoms with van der Waals surface area (Å²) in [6.07, 6.45) is 0. The summed E-state index contributed by atoms with van der Waals surface area (Å²) in [6, 6.07) is 2.88. The van der Waals surface area contributed by atoms with Crippen molar-refractivity contribution in [2.75, 3.05) is 13.1 Å². The Morgan fingerprint density at radius 3 is 2.67 bits per heavy atom. The minimum absolute atomic E-state index is 0.216. The van der Waals surface area contributed by atoms with E-state index in [1.54, 1.807) is 0 Å². The highest BCUT2D eigenvalue weighted by Gasteiger charge is 2.23. The van der Waals surface area contributed by atoms with Crippen molar-refractivity contribution in [3.8, 4) is 0 Å². The van der Waals surface area contributed by atoms with E-state index >= 15 is 0 Å². The van der Waals surface area contributed by atoms with E-state index < -0.39 is 17.7 Å². The molecule has 2 rings (SSSR count). The molecule has 1 amide bonds. The lowest BCUT2D eigenvalue weighted by molar-refractivity contribution is -0.124. The summed E-state index contributed by atoms with van der Waals surface area (Å²) >= 11 is 0. The molecule has 2 N–H and O–H groups in total. The number of nitrogens with one attached hydrogen (secondary N) is 2. The number of halogens is 2. The van der Waals surface area contributed by atoms with Crippen LogP contribution in [-0.2, 0) is 4.79 Å². The van der Waals surface area contributed by atoms with Gasteiger partial charge in [-0.15, -0.1) is 0 Å². The van der Waals surface area contributed by atoms with Gasteiger partial charge in [0.15, 0.2) is 11.6 Å². The van der Waals surface area contributed by atoms with Gasteiger partial charge in [0.2, 0.25) is 5.91 Å². The molecule has 1 heterocycles. The van der Waals surface area contributed by atoms with Gasteiger partial charge in [-0.05, 0) is 17.7 Å². The van der Waals surface area contributed by atoms with E-state index in [1.165, 1.54) is 6.07 Å². The smallest absolute Gasteiger partial charge is 0.241 e. The molecular weight excluding hydrogens is 202 g/mol. The number of carbonyl (C=O) groups is 1. The van der Waals surface area contributed by atoms with Gasteiger partial charge in [0.05, 0.1) is 0 Å². The number of benzene rings is 1. The van der Waals surface area contributed by atoms with Crippen molar-refractivity contribution >= 4 is 5.91 Å². The largest absolute Gasteiger partial charge is 0.353 e. The molecule has 0 aliphatic carbocycles. The van der Waals surface area contributed by atoms with Crippen molar-refractivity contribution in [3.63, 3.8) is 0 Å². The average Bonchev–Trinajstić information content (AvgIpc) is 2.23. The number of piperazine rings is 1. The SMILES string of the molecule is O=C1NCCN[C@@H]1c1ccc(F)c(F)c1. The lowest BCUT2D eigenvalue weighted by Gasteiger charge is -2.23. The first-order chi connectivity index (χ1) is 7.18. The van der Waals surface area contributed by atoms with Crippen molar-refractivity contribution in [2.24, 2.45) is 0 Å². The van der Waals surface area contributed by atoms with Gasteiger partial charge in [-0.3, -0.25) is 4.79 Å². The molecule has 0 radical (unpaired) electrons. The monoisotopic (exact) mass is 212 g/mol. The maximum atomic E-state index is 12.9. The third-order valence-electron chi connectivity index (χ3n) is 2.31. The Balaban J connectivity index is 2.28. The number of hydrogen-bond donors (Lipinski definition) is 2. The first-order valence-electron chi connectivity index (χ1n) is 4.64. The van der Waals surface area contributed by atoms with Crippen LogP contribution in [0.15, 0.2) is 18.2 Å². The topological polar surface area (TPSA) is 41.1 Å². The molecule has 5 heteroatoms. The summed E-state index contributed by atoms with van der Waals surface area (Å²) in [7, 11) is 0. The zero-order chi connectivity index (χ0) is 10.8. The normalized spacial score (nSPS) is 21.2. The fourth-order valence-electron chi connectivity index (χ4n) is 1.56. The predicted octanol–water partition coefficient (Wildman–Crippen LogP) is 0.725. The second-order valence-electron chi connectivity index (χ2n) is 3.35. The van der Waals surface area contributed by atoms with Crippen LogP contribution in [0.5, 0.6) is 0 Å². The second-order valence-corrected chi connectivity index (χ2v) is 3.35. The van der Waals surface area contributed by atoms with Crippen molar-refractivity contribution in [1.29, 1.82) is 0 Å². The van der Waals surface area contributed by atoms with Gasteiger partial charge in [-0.25, -0.2) is 8.78 Å². The number of carbonyl (C=O) groups excluding carboxylic acids is 1. The van der Waals surface area contributed by atoms with E-state index in [9.17, 15) is 13.6 Å². The van der Waals surface area contributed by atoms with Crippen molar-refractivity contribution < 1.29 is 13.6 Å². The van der Waals surface area contributed by atoms with Crippen LogP contribution >= 0.6 is 0 Å². The lowest BCUT2D eigenvalue weighted by atomic mass is 10.0. The molecule has 1 aromatic carbocycles. The zero-order valence-corrected chi connectivity index (χ0v) is 7.89. The fraction of sp³-hybridized carbons (Fsp3) is 0.300. The van der Waals surface area contributed by atoms with Gasteiger partial charge in [0.25, 0.3) is 0 Å². The first kappa shape index (κ1) is 10.0. The third-order valence-corrected chi connectivity index (χ3v) is 2.31. The molecule has 1 atom stereocenters. The van der Waals surface area contributed by atoms with E-state index in [-0.39, 0.29) is 5.91 Å². The Labute approximate surface area is 85.5 Å². The molecular formula is C10H10F2N2O. The molecule has 1 aliphatic heterocycles. The Kier molecular flexibility index (Phi) is 2.64. The van der Waals surface area contributed by atoms with E-state index in [0.29, 0.717) is 18.7 Å². The minimum atomic E-state index is -0.937. The fourth-order valence-corrected chi connectivity index (χ4v) is 1.56. The highest BCUT2D eigenvalue weighted by molar-refractivity contribution is 5.83. The molecule has 1 fully saturated rings. The highest BCUT2D eigenvalue weighted by atomic mass is 19.2. The van der Waals surface area contributed by atoms with Gasteiger partial charge in [0.1, 0.15) is 6.04 Å². The van der Waals surface area contributed by atoms with Crippen LogP contribution in [0.25, 0.3) is 0 Å². The molecule has 15 heavy (non-hydrogen) atoms. The van der Waals surface area contributed by atoms with E-state index in [0.717, 1.165) is 12.1 Å². The molecule has 0 unspecified atom stereocenters. The molecule has 0 saturated carbocycles. The summed E-state index contributed by atoms with van der Waals surface area (Å²) in [5.41, 5.74) is 0.436. The van der Waals surface area contributed by atoms with Gasteiger partial charge >= 0.3 is 0 Å². The van der Waals surface area contributed by atoms with Gasteiger partial charge in [-0.2, -0.15) is 0 Å². The van der Waals surface area contributed by atoms with Crippen LogP contribution in [0, 0.1) is 11.6 Å². The van der Waals surface area contributed by atoms with Crippen molar-refractivity contribution in [1.82, 2.24) is 10.6 Å². The van der Waals surface area contributed by atoms with Crippen LogP contribution in [0.1, 0.15) is 11.6 Å². The molecule has 3 nitrogen and oxygen atoms in total. The third kappa shape index (κ3) is 1.97. The predicted molar refractivity (Wildman–Crippen MR) is 50.1 cm³/mol. The van der Waals surface area contributed by atoms with E-state index in [2.05, 4.69) is 10.6 Å². The first-order valence-corrected chi connectivity index (χ1v) is 4.64. The maximum absolute atomic E-state index is 12.9. The highest BCUT2D eigenvalue weighted by Crippen LogP contribution is 2.17. The summed E-state index contributed by atoms with van der Waals surface area (Å²) in [5, 5.41) is 5.58. The molecule has 1 aromatic rings. The van der Waals surface area contributed by atoms with Crippen LogP contribution in [-0.4, -0.2) is 19.0 Å². The maximum Gasteiger partial charge on any atom is 0.241 e. The summed E-state index contributed by atoms with van der Waals surface area (Å²) in [5.74, 6) is -2.06. The molecule has 1 aliphatic rings. The molecule has 0 aromatic heterocycles. The van der Waals surface area contributed by atoms with Crippen LogP contribution in [0.4, 0.5) is 8.78 Å². The minimum Gasteiger partial charge on any atom is -0.353 e. The Morgan fingerprint density at radius 1 is 1.20 bits per heavy atom. The summed E-state index contributed by atoms with van der Waals surface area (Å²) in [4.78, 5) is 11.4. The lowest BCUT2D eigenvalue weighted by Crippen LogP contribution is -2.47. The molecule has 1 saturated heterocycles. The number of hydrogen-bond acceptors (Lipinski definition) is 2. The van der Waals surface area contributed by atoms with Crippen LogP contribution < -0.4 is 10.6 Å². The van der Waals surface area contributed by atoms with Crippen LogP contribution in [0.2, 0.25) is 0 Å². The van der Waals surface area contributed by atoms with Gasteiger partial charge in [0, 0.05) is 13.1 Å². The Morgan fingerprint density at radius 2 is 2.00 bits per heavy atom. The number of rotatable bonds is 1. The standard InChI is InChI=1S/C10H10F2N2O/c11-7-2-1-6(5-8(7)12)9-10(15)14-4-3-13-9/h1-2,5,9,13H,3-4H2,(H,14,15)/t9-/m1/s1. The number of amides is 1. The van der Waals surface area contributed by atoms with Gasteiger partial charge < -0.3 is 10.6 Å². The Bertz CT molecular complexity index is 395. The van der Waals surface area contributed by atoms with Crippen molar-refractivity contribution in [3.05, 3.63) is 35.4 Å².